The number of benzene rings is 1. The van der Waals surface area contributed by atoms with Crippen molar-refractivity contribution < 1.29 is 23.1 Å². The van der Waals surface area contributed by atoms with Crippen LogP contribution in [-0.4, -0.2) is 33.1 Å². The molecule has 2 N–H and O–H groups in total. The molecule has 0 aromatic heterocycles. The van der Waals surface area contributed by atoms with Gasteiger partial charge in [-0.25, -0.2) is 17.9 Å². The second kappa shape index (κ2) is 6.44. The van der Waals surface area contributed by atoms with Gasteiger partial charge >= 0.3 is 5.97 Å². The summed E-state index contributed by atoms with van der Waals surface area (Å²) in [6.07, 6.45) is 0.807. The predicted octanol–water partition coefficient (Wildman–Crippen LogP) is 2.11. The van der Waals surface area contributed by atoms with Crippen molar-refractivity contribution in [1.29, 1.82) is 0 Å². The smallest absolute Gasteiger partial charge is 0.335 e. The van der Waals surface area contributed by atoms with Crippen LogP contribution in [0.1, 0.15) is 37.6 Å². The molecule has 118 valence electrons. The van der Waals surface area contributed by atoms with E-state index in [-0.39, 0.29) is 28.2 Å². The minimum absolute atomic E-state index is 0.106. The van der Waals surface area contributed by atoms with E-state index in [4.69, 9.17) is 9.84 Å². The molecule has 1 rings (SSSR count). The summed E-state index contributed by atoms with van der Waals surface area (Å²) in [4.78, 5) is 10.8. The third-order valence-electron chi connectivity index (χ3n) is 3.40. The van der Waals surface area contributed by atoms with Gasteiger partial charge in [-0.2, -0.15) is 0 Å². The number of sulfonamides is 1. The lowest BCUT2D eigenvalue weighted by Crippen LogP contribution is -2.33. The number of nitrogens with one attached hydrogen (secondary N) is 1. The normalized spacial score (nSPS) is 12.2. The summed E-state index contributed by atoms with van der Waals surface area (Å²) in [6, 6.07) is 3.74. The lowest BCUT2D eigenvalue weighted by molar-refractivity contribution is 0.0696. The molecule has 7 heteroatoms. The fraction of sp³-hybridized carbons (Fsp3) is 0.500. The van der Waals surface area contributed by atoms with Gasteiger partial charge in [-0.15, -0.1) is 0 Å². The van der Waals surface area contributed by atoms with Gasteiger partial charge < -0.3 is 9.84 Å². The zero-order chi connectivity index (χ0) is 16.3. The highest BCUT2D eigenvalue weighted by Crippen LogP contribution is 2.26. The van der Waals surface area contributed by atoms with E-state index >= 15 is 0 Å². The monoisotopic (exact) mass is 315 g/mol. The van der Waals surface area contributed by atoms with Gasteiger partial charge in [0.05, 0.1) is 12.7 Å². The quantitative estimate of drug-likeness (QED) is 0.804. The number of ether oxygens (including phenoxy) is 1. The lowest BCUT2D eigenvalue weighted by atomic mass is 9.91. The number of carboxylic acid groups (broad SMARTS) is 1. The SMILES string of the molecule is CCC(C)(C)CNS(=O)(=O)c1cc(C(=O)O)ccc1OC. The molecule has 0 aliphatic heterocycles. The average molecular weight is 315 g/mol. The Bertz CT molecular complexity index is 622. The summed E-state index contributed by atoms with van der Waals surface area (Å²) in [5, 5.41) is 8.98. The Labute approximate surface area is 125 Å². The van der Waals surface area contributed by atoms with Crippen LogP contribution < -0.4 is 9.46 Å². The number of hydrogen-bond acceptors (Lipinski definition) is 4. The molecule has 1 aromatic carbocycles. The van der Waals surface area contributed by atoms with Crippen molar-refractivity contribution in [3.8, 4) is 5.75 Å². The Balaban J connectivity index is 3.17. The molecule has 21 heavy (non-hydrogen) atoms. The number of carboxylic acids is 1. The summed E-state index contributed by atoms with van der Waals surface area (Å²) >= 11 is 0. The van der Waals surface area contributed by atoms with E-state index in [0.29, 0.717) is 0 Å². The molecule has 6 nitrogen and oxygen atoms in total. The first-order valence-corrected chi connectivity index (χ1v) is 8.02. The van der Waals surface area contributed by atoms with Crippen molar-refractivity contribution in [2.24, 2.45) is 5.41 Å². The van der Waals surface area contributed by atoms with Gasteiger partial charge in [0.2, 0.25) is 10.0 Å². The topological polar surface area (TPSA) is 92.7 Å². The Morgan fingerprint density at radius 2 is 2.00 bits per heavy atom. The van der Waals surface area contributed by atoms with Gasteiger partial charge in [-0.1, -0.05) is 20.8 Å². The molecule has 0 saturated carbocycles. The molecule has 0 radical (unpaired) electrons. The number of aromatic carboxylic acids is 1. The third-order valence-corrected chi connectivity index (χ3v) is 4.82. The minimum atomic E-state index is -3.84. The molecule has 0 fully saturated rings. The number of hydrogen-bond donors (Lipinski definition) is 2. The maximum atomic E-state index is 12.4. The van der Waals surface area contributed by atoms with Crippen molar-refractivity contribution in [3.63, 3.8) is 0 Å². The summed E-state index contributed by atoms with van der Waals surface area (Å²) < 4.78 is 32.2. The standard InChI is InChI=1S/C14H21NO5S/c1-5-14(2,3)9-15-21(18,19)12-8-10(13(16)17)6-7-11(12)20-4/h6-8,15H,5,9H2,1-4H3,(H,16,17). The molecule has 0 aliphatic carbocycles. The lowest BCUT2D eigenvalue weighted by Gasteiger charge is -2.23. The van der Waals surface area contributed by atoms with E-state index in [1.807, 2.05) is 20.8 Å². The fourth-order valence-electron chi connectivity index (χ4n) is 1.51. The Kier molecular flexibility index (Phi) is 5.36. The average Bonchev–Trinajstić information content (AvgIpc) is 2.44. The van der Waals surface area contributed by atoms with Crippen molar-refractivity contribution >= 4 is 16.0 Å². The van der Waals surface area contributed by atoms with Crippen molar-refractivity contribution in [2.45, 2.75) is 32.1 Å². The van der Waals surface area contributed by atoms with Gasteiger partial charge in [0, 0.05) is 6.54 Å². The van der Waals surface area contributed by atoms with Gasteiger partial charge in [0.15, 0.2) is 0 Å². The molecule has 0 amide bonds. The van der Waals surface area contributed by atoms with Crippen molar-refractivity contribution in [1.82, 2.24) is 4.72 Å². The highest BCUT2D eigenvalue weighted by atomic mass is 32.2. The predicted molar refractivity (Wildman–Crippen MR) is 79.2 cm³/mol. The van der Waals surface area contributed by atoms with Crippen LogP contribution in [0.5, 0.6) is 5.75 Å². The van der Waals surface area contributed by atoms with Crippen LogP contribution >= 0.6 is 0 Å². The summed E-state index contributed by atoms with van der Waals surface area (Å²) in [7, 11) is -2.50. The molecule has 0 bridgehead atoms. The van der Waals surface area contributed by atoms with Gasteiger partial charge in [0.1, 0.15) is 10.6 Å². The van der Waals surface area contributed by atoms with Crippen LogP contribution in [0.3, 0.4) is 0 Å². The van der Waals surface area contributed by atoms with E-state index < -0.39 is 16.0 Å². The van der Waals surface area contributed by atoms with E-state index in [9.17, 15) is 13.2 Å². The Hall–Kier alpha value is -1.60. The molecule has 0 atom stereocenters. The van der Waals surface area contributed by atoms with Crippen LogP contribution in [0, 0.1) is 5.41 Å². The van der Waals surface area contributed by atoms with Gasteiger partial charge in [0.25, 0.3) is 0 Å². The van der Waals surface area contributed by atoms with Crippen molar-refractivity contribution in [3.05, 3.63) is 23.8 Å². The first-order chi connectivity index (χ1) is 9.63. The van der Waals surface area contributed by atoms with Crippen LogP contribution in [0.2, 0.25) is 0 Å². The van der Waals surface area contributed by atoms with E-state index in [1.165, 1.54) is 19.2 Å². The van der Waals surface area contributed by atoms with E-state index in [0.717, 1.165) is 12.5 Å². The first kappa shape index (κ1) is 17.5. The summed E-state index contributed by atoms with van der Waals surface area (Å²) in [5.41, 5.74) is -0.295. The van der Waals surface area contributed by atoms with Crippen LogP contribution in [0.15, 0.2) is 23.1 Å². The molecule has 0 aliphatic rings. The van der Waals surface area contributed by atoms with Crippen LogP contribution in [0.4, 0.5) is 0 Å². The zero-order valence-electron chi connectivity index (χ0n) is 12.6. The second-order valence-corrected chi connectivity index (χ2v) is 7.25. The summed E-state index contributed by atoms with van der Waals surface area (Å²) in [6.45, 7) is 6.12. The van der Waals surface area contributed by atoms with E-state index in [2.05, 4.69) is 4.72 Å². The highest BCUT2D eigenvalue weighted by molar-refractivity contribution is 7.89. The molecule has 0 saturated heterocycles. The Morgan fingerprint density at radius 3 is 2.48 bits per heavy atom. The van der Waals surface area contributed by atoms with Crippen LogP contribution in [0.25, 0.3) is 0 Å². The number of rotatable bonds is 7. The fourth-order valence-corrected chi connectivity index (χ4v) is 2.95. The van der Waals surface area contributed by atoms with Crippen LogP contribution in [-0.2, 0) is 10.0 Å². The minimum Gasteiger partial charge on any atom is -0.495 e. The zero-order valence-corrected chi connectivity index (χ0v) is 13.5. The third kappa shape index (κ3) is 4.44. The first-order valence-electron chi connectivity index (χ1n) is 6.54. The van der Waals surface area contributed by atoms with Crippen molar-refractivity contribution in [2.75, 3.05) is 13.7 Å². The molecule has 0 unspecified atom stereocenters. The van der Waals surface area contributed by atoms with Gasteiger partial charge in [-0.3, -0.25) is 0 Å². The highest BCUT2D eigenvalue weighted by Gasteiger charge is 2.24. The largest absolute Gasteiger partial charge is 0.495 e. The second-order valence-electron chi connectivity index (χ2n) is 5.51. The number of methoxy groups -OCH3 is 1. The summed E-state index contributed by atoms with van der Waals surface area (Å²) in [5.74, 6) is -1.08. The van der Waals surface area contributed by atoms with Gasteiger partial charge in [-0.05, 0) is 30.0 Å². The molecular formula is C14H21NO5S. The molecular weight excluding hydrogens is 294 g/mol. The maximum absolute atomic E-state index is 12.4. The molecule has 1 aromatic rings. The van der Waals surface area contributed by atoms with E-state index in [1.54, 1.807) is 0 Å². The molecule has 0 spiro atoms. The maximum Gasteiger partial charge on any atom is 0.335 e. The number of carbonyl (C=O) groups is 1. The Morgan fingerprint density at radius 1 is 1.38 bits per heavy atom. The molecule has 0 heterocycles.